The first kappa shape index (κ1) is 76.8. The highest BCUT2D eigenvalue weighted by atomic mass is 33.1. The lowest BCUT2D eigenvalue weighted by Crippen LogP contribution is -2.63. The summed E-state index contributed by atoms with van der Waals surface area (Å²) in [7, 11) is 4.65. The lowest BCUT2D eigenvalue weighted by Gasteiger charge is -2.29. The van der Waals surface area contributed by atoms with E-state index in [4.69, 9.17) is 4.74 Å². The van der Waals surface area contributed by atoms with Crippen molar-refractivity contribution in [3.8, 4) is 5.75 Å². The largest absolute Gasteiger partial charge is 0.508 e. The van der Waals surface area contributed by atoms with Crippen molar-refractivity contribution in [3.63, 3.8) is 0 Å². The quantitative estimate of drug-likeness (QED) is 0.0279. The monoisotopic (exact) mass is 1400 g/mol. The van der Waals surface area contributed by atoms with Crippen molar-refractivity contribution >= 4 is 113 Å². The maximum Gasteiger partial charge on any atom is 0.407 e. The molecule has 0 spiro atoms. The number of carbonyl (C=O) groups excluding carboxylic acids is 10. The Balaban J connectivity index is 1.39. The minimum Gasteiger partial charge on any atom is -0.508 e. The number of aromatic nitrogens is 2. The summed E-state index contributed by atoms with van der Waals surface area (Å²) in [6.45, 7) is 9.87. The normalized spacial score (nSPS) is 19.8. The molecule has 0 radical (unpaired) electrons. The van der Waals surface area contributed by atoms with Gasteiger partial charge in [-0.1, -0.05) is 112 Å². The zero-order valence-corrected chi connectivity index (χ0v) is 57.5. The average Bonchev–Trinajstić information content (AvgIpc) is 1.63. The molecule has 11 amide bonds. The molecule has 0 unspecified atom stereocenters. The summed E-state index contributed by atoms with van der Waals surface area (Å²) in [4.78, 5) is 151. The molecule has 1 aliphatic heterocycles. The number of hydrogen-bond donors (Lipinski definition) is 15. The molecular weight excluding hydrogens is 1320 g/mol. The molecule has 1 fully saturated rings. The van der Waals surface area contributed by atoms with Gasteiger partial charge in [-0.25, -0.2) is 14.6 Å². The summed E-state index contributed by atoms with van der Waals surface area (Å²) in [5, 5.41) is 63.4. The van der Waals surface area contributed by atoms with Crippen LogP contribution in [-0.2, 0) is 62.4 Å². The first-order chi connectivity index (χ1) is 45.9. The van der Waals surface area contributed by atoms with Crippen molar-refractivity contribution in [2.24, 2.45) is 0 Å². The zero-order chi connectivity index (χ0) is 69.7. The number of ether oxygens (including phenoxy) is 1. The molecule has 520 valence electrons. The van der Waals surface area contributed by atoms with Crippen LogP contribution in [0.5, 0.6) is 5.75 Å². The number of carbonyl (C=O) groups is 10. The fraction of sp³-hybridized carbons (Fsp3) is 0.462. The number of alkyl carbamates (subject to hydrolysis) is 1. The van der Waals surface area contributed by atoms with Crippen LogP contribution in [0.25, 0.3) is 10.9 Å². The first-order valence-corrected chi connectivity index (χ1v) is 36.3. The Kier molecular flexibility index (Phi) is 31.3. The van der Waals surface area contributed by atoms with Gasteiger partial charge in [0.05, 0.1) is 12.2 Å². The Morgan fingerprint density at radius 1 is 0.688 bits per heavy atom. The van der Waals surface area contributed by atoms with E-state index in [2.05, 4.69) is 68.5 Å². The topological polar surface area (TPSA) is 402 Å². The number of phenols is 1. The van der Waals surface area contributed by atoms with Crippen LogP contribution in [0.1, 0.15) is 83.9 Å². The molecule has 10 atom stereocenters. The molecule has 0 aliphatic carbocycles. The number of nitrogens with zero attached hydrogens (tertiary/aromatic N) is 1. The minimum absolute atomic E-state index is 0.0279. The smallest absolute Gasteiger partial charge is 0.407 e. The predicted octanol–water partition coefficient (Wildman–Crippen LogP) is 3.18. The molecule has 96 heavy (non-hydrogen) atoms. The number of pyridine rings is 1. The maximum absolute atomic E-state index is 15.2. The number of benzene rings is 3. The SMILES string of the molecule is CCNC(=O)N[C@H](Cc1ccccc1)C(=O)N[C@H]1CSSC[C@@H](C(=O)N[C@H](C(=O)NCCSSc2ccccn2)[C@@H](C)O)NC(=O)[C@H]([C@@H](C)O)NC(=O)[C@H](CCCCCNC(=O)OC(C)(C)C)NC(=O)[C@@H](Cc2c[nH]c3ccccc23)NC(=O)[C@H](Cc2ccc(O)cc2)NC1=O. The van der Waals surface area contributed by atoms with E-state index >= 15 is 14.4 Å². The van der Waals surface area contributed by atoms with Gasteiger partial charge in [0.15, 0.2) is 0 Å². The highest BCUT2D eigenvalue weighted by Crippen LogP contribution is 2.29. The van der Waals surface area contributed by atoms with E-state index in [1.165, 1.54) is 59.7 Å². The number of unbranched alkanes of at least 4 members (excludes halogenated alkanes) is 2. The lowest BCUT2D eigenvalue weighted by molar-refractivity contribution is -0.137. The number of phenolic OH excluding ortho intramolecular Hbond substituents is 1. The molecular formula is C65H87N13O14S4. The van der Waals surface area contributed by atoms with E-state index in [1.807, 2.05) is 18.2 Å². The van der Waals surface area contributed by atoms with Crippen LogP contribution in [0.3, 0.4) is 0 Å². The number of aliphatic hydroxyl groups is 2. The third-order valence-electron chi connectivity index (χ3n) is 14.7. The third-order valence-corrected chi connectivity index (χ3v) is 19.4. The Bertz CT molecular complexity index is 3380. The van der Waals surface area contributed by atoms with E-state index in [1.54, 1.807) is 94.7 Å². The molecule has 3 aromatic carbocycles. The Morgan fingerprint density at radius 3 is 2.04 bits per heavy atom. The van der Waals surface area contributed by atoms with Crippen molar-refractivity contribution < 1.29 is 68.0 Å². The number of hydrogen-bond acceptors (Lipinski definition) is 19. The maximum atomic E-state index is 15.2. The molecule has 27 nitrogen and oxygen atoms in total. The average molecular weight is 1400 g/mol. The highest BCUT2D eigenvalue weighted by molar-refractivity contribution is 8.77. The van der Waals surface area contributed by atoms with Crippen molar-refractivity contribution in [3.05, 3.63) is 126 Å². The number of aromatic amines is 1. The lowest BCUT2D eigenvalue weighted by atomic mass is 10.0. The number of aromatic hydroxyl groups is 1. The highest BCUT2D eigenvalue weighted by Gasteiger charge is 2.38. The number of urea groups is 1. The fourth-order valence-corrected chi connectivity index (χ4v) is 13.9. The fourth-order valence-electron chi connectivity index (χ4n) is 9.75. The van der Waals surface area contributed by atoms with Crippen LogP contribution >= 0.6 is 43.2 Å². The molecule has 31 heteroatoms. The predicted molar refractivity (Wildman–Crippen MR) is 370 cm³/mol. The van der Waals surface area contributed by atoms with Gasteiger partial charge in [-0.15, -0.1) is 0 Å². The summed E-state index contributed by atoms with van der Waals surface area (Å²) >= 11 is 0. The van der Waals surface area contributed by atoms with Crippen LogP contribution < -0.4 is 58.5 Å². The van der Waals surface area contributed by atoms with Gasteiger partial charge < -0.3 is 83.5 Å². The van der Waals surface area contributed by atoms with E-state index in [-0.39, 0.29) is 69.0 Å². The number of para-hydroxylation sites is 1. The van der Waals surface area contributed by atoms with Gasteiger partial charge in [-0.2, -0.15) is 0 Å². The van der Waals surface area contributed by atoms with Crippen molar-refractivity contribution in [1.29, 1.82) is 0 Å². The van der Waals surface area contributed by atoms with Crippen molar-refractivity contribution in [2.45, 2.75) is 158 Å². The van der Waals surface area contributed by atoms with E-state index in [0.29, 0.717) is 46.2 Å². The first-order valence-electron chi connectivity index (χ1n) is 31.5. The zero-order valence-electron chi connectivity index (χ0n) is 54.3. The third kappa shape index (κ3) is 26.1. The summed E-state index contributed by atoms with van der Waals surface area (Å²) in [6.07, 6.45) is 0.0229. The number of aliphatic hydroxyl groups excluding tert-OH is 2. The minimum atomic E-state index is -1.81. The molecule has 1 aliphatic rings. The summed E-state index contributed by atoms with van der Waals surface area (Å²) in [5.41, 5.74) is 1.62. The summed E-state index contributed by atoms with van der Waals surface area (Å²) in [5.74, 6) is -7.66. The van der Waals surface area contributed by atoms with Gasteiger partial charge in [0.1, 0.15) is 64.7 Å². The van der Waals surface area contributed by atoms with Gasteiger partial charge in [-0.3, -0.25) is 38.4 Å². The molecule has 6 rings (SSSR count). The van der Waals surface area contributed by atoms with E-state index < -0.39 is 126 Å². The number of amides is 11. The van der Waals surface area contributed by atoms with Crippen LogP contribution in [0.2, 0.25) is 0 Å². The summed E-state index contributed by atoms with van der Waals surface area (Å²) < 4.78 is 5.35. The van der Waals surface area contributed by atoms with Gasteiger partial charge in [-0.05, 0) is 112 Å². The van der Waals surface area contributed by atoms with Crippen LogP contribution in [0.4, 0.5) is 9.59 Å². The van der Waals surface area contributed by atoms with Crippen LogP contribution in [0, 0.1) is 0 Å². The molecule has 15 N–H and O–H groups in total. The van der Waals surface area contributed by atoms with Crippen LogP contribution in [-0.4, -0.2) is 188 Å². The van der Waals surface area contributed by atoms with Crippen LogP contribution in [0.15, 0.2) is 114 Å². The molecule has 1 saturated heterocycles. The van der Waals surface area contributed by atoms with Gasteiger partial charge >= 0.3 is 12.1 Å². The van der Waals surface area contributed by atoms with E-state index in [9.17, 15) is 48.9 Å². The second-order valence-corrected chi connectivity index (χ2v) is 28.6. The number of fused-ring (bicyclic) bond motifs is 1. The number of H-pyrrole nitrogens is 1. The number of nitrogens with one attached hydrogen (secondary N) is 12. The molecule has 5 aromatic rings. The molecule has 0 saturated carbocycles. The Labute approximate surface area is 573 Å². The second-order valence-electron chi connectivity index (χ2n) is 23.7. The van der Waals surface area contributed by atoms with E-state index in [0.717, 1.165) is 26.6 Å². The molecule has 0 bridgehead atoms. The Hall–Kier alpha value is -8.23. The van der Waals surface area contributed by atoms with Crippen molar-refractivity contribution in [1.82, 2.24) is 68.5 Å². The molecule has 2 aromatic heterocycles. The standard InChI is InChI=1S/C65H87N13O14S4/c1-7-66-63(90)76-48(32-40-18-10-8-11-19-40)57(84)74-50-36-94-95-37-51(60(87)77-53(38(2)79)61(88)68-30-31-93-96-52-23-15-17-28-67-52)75-62(89)54(39(3)80)78-55(82)46(22-12-9-16-29-69-64(91)92-65(4,5)6)71-58(85)49(34-42-35-70-45-21-14-13-20-44(42)45)73-56(83)47(72-59(50)86)33-41-24-26-43(81)27-25-41/h8,10-11,13-15,17-21,23-28,35,38-39,46-51,53-54,70,79-81H,7,9,12,16,22,29-34,36-37H2,1-6H3,(H,68,88)(H,69,91)(H,71,85)(H,72,86)(H,73,83)(H,74,84)(H,75,89)(H,77,87)(H,78,82)(H2,66,76,90)/t38-,39-,46+,47+,48-,49-,50+,51+,53+,54+/m1/s1. The summed E-state index contributed by atoms with van der Waals surface area (Å²) in [6, 6.07) is 14.2. The van der Waals surface area contributed by atoms with Gasteiger partial charge in [0.2, 0.25) is 47.3 Å². The second kappa shape index (κ2) is 39.1. The number of rotatable bonds is 26. The van der Waals surface area contributed by atoms with Gasteiger partial charge in [0, 0.05) is 79.5 Å². The van der Waals surface area contributed by atoms with Gasteiger partial charge in [0.25, 0.3) is 0 Å². The Morgan fingerprint density at radius 2 is 1.35 bits per heavy atom. The molecule has 3 heterocycles. The van der Waals surface area contributed by atoms with Crippen molar-refractivity contribution in [2.75, 3.05) is 36.9 Å².